The largest absolute Gasteiger partial charge is 0.0613 e. The van der Waals surface area contributed by atoms with Gasteiger partial charge in [-0.05, 0) is 85.1 Å². The van der Waals surface area contributed by atoms with Crippen LogP contribution < -0.4 is 0 Å². The summed E-state index contributed by atoms with van der Waals surface area (Å²) in [5, 5.41) is 0. The highest BCUT2D eigenvalue weighted by Crippen LogP contribution is 2.48. The quantitative estimate of drug-likeness (QED) is 0.637. The summed E-state index contributed by atoms with van der Waals surface area (Å²) in [6.45, 7) is 9.49. The van der Waals surface area contributed by atoms with E-state index in [1.807, 2.05) is 0 Å². The third-order valence-corrected chi connectivity index (χ3v) is 6.07. The maximum atomic E-state index is 2.54. The van der Waals surface area contributed by atoms with Gasteiger partial charge in [-0.1, -0.05) is 32.8 Å². The van der Waals surface area contributed by atoms with E-state index in [1.165, 1.54) is 38.5 Å². The van der Waals surface area contributed by atoms with Gasteiger partial charge < -0.3 is 0 Å². The van der Waals surface area contributed by atoms with Gasteiger partial charge in [-0.2, -0.15) is 0 Å². The molecular weight excluding hydrogens is 228 g/mol. The van der Waals surface area contributed by atoms with Crippen LogP contribution >= 0.6 is 0 Å². The molecule has 19 heavy (non-hydrogen) atoms. The van der Waals surface area contributed by atoms with Crippen LogP contribution in [0.4, 0.5) is 0 Å². The molecule has 2 aliphatic rings. The van der Waals surface area contributed by atoms with Crippen molar-refractivity contribution >= 4 is 0 Å². The molecule has 2 aliphatic carbocycles. The van der Waals surface area contributed by atoms with Gasteiger partial charge in [0.2, 0.25) is 0 Å². The molecule has 1 aromatic carbocycles. The number of benzene rings is 1. The van der Waals surface area contributed by atoms with Crippen LogP contribution in [-0.4, -0.2) is 0 Å². The topological polar surface area (TPSA) is 0 Å². The summed E-state index contributed by atoms with van der Waals surface area (Å²) >= 11 is 0. The maximum Gasteiger partial charge on any atom is -0.0154 e. The lowest BCUT2D eigenvalue weighted by molar-refractivity contribution is 0.190. The standard InChI is InChI=1S/C19H28/c1-5-15-10-17-11-16-8-6-7-9-18(16)14(4)19(17)13(3)12(15)2/h10,14,16,18H,5-9,11H2,1-4H3/t14-,16-,18+/m0/s1. The van der Waals surface area contributed by atoms with Gasteiger partial charge in [0.1, 0.15) is 0 Å². The first kappa shape index (κ1) is 13.2. The second-order valence-corrected chi connectivity index (χ2v) is 6.91. The van der Waals surface area contributed by atoms with Crippen LogP contribution in [0.2, 0.25) is 0 Å². The van der Waals surface area contributed by atoms with Crippen molar-refractivity contribution in [2.24, 2.45) is 11.8 Å². The Kier molecular flexibility index (Phi) is 3.45. The molecule has 104 valence electrons. The van der Waals surface area contributed by atoms with Gasteiger partial charge in [-0.25, -0.2) is 0 Å². The van der Waals surface area contributed by atoms with E-state index in [2.05, 4.69) is 33.8 Å². The highest BCUT2D eigenvalue weighted by Gasteiger charge is 2.36. The van der Waals surface area contributed by atoms with Gasteiger partial charge >= 0.3 is 0 Å². The summed E-state index contributed by atoms with van der Waals surface area (Å²) in [4.78, 5) is 0. The molecule has 0 nitrogen and oxygen atoms in total. The van der Waals surface area contributed by atoms with Crippen molar-refractivity contribution in [2.75, 3.05) is 0 Å². The summed E-state index contributed by atoms with van der Waals surface area (Å²) in [5.74, 6) is 2.73. The molecule has 1 aromatic rings. The van der Waals surface area contributed by atoms with Crippen LogP contribution in [0.5, 0.6) is 0 Å². The Hall–Kier alpha value is -0.780. The van der Waals surface area contributed by atoms with Crippen LogP contribution in [0.3, 0.4) is 0 Å². The average molecular weight is 256 g/mol. The Labute approximate surface area is 118 Å². The fraction of sp³-hybridized carbons (Fsp3) is 0.684. The SMILES string of the molecule is CCc1cc2c(c(C)c1C)[C@@H](C)[C@H]1CCCC[C@H]1C2. The molecule has 0 bridgehead atoms. The lowest BCUT2D eigenvalue weighted by Crippen LogP contribution is -2.32. The van der Waals surface area contributed by atoms with E-state index in [1.54, 1.807) is 27.8 Å². The van der Waals surface area contributed by atoms with E-state index >= 15 is 0 Å². The fourth-order valence-electron chi connectivity index (χ4n) is 4.89. The summed E-state index contributed by atoms with van der Waals surface area (Å²) in [6, 6.07) is 2.54. The van der Waals surface area contributed by atoms with Crippen molar-refractivity contribution in [2.45, 2.75) is 72.1 Å². The van der Waals surface area contributed by atoms with Gasteiger partial charge in [0.05, 0.1) is 0 Å². The van der Waals surface area contributed by atoms with Gasteiger partial charge in [-0.3, -0.25) is 0 Å². The summed E-state index contributed by atoms with van der Waals surface area (Å²) in [5.41, 5.74) is 8.15. The van der Waals surface area contributed by atoms with E-state index in [4.69, 9.17) is 0 Å². The number of rotatable bonds is 1. The van der Waals surface area contributed by atoms with Gasteiger partial charge in [0, 0.05) is 0 Å². The minimum absolute atomic E-state index is 0.790. The molecule has 0 radical (unpaired) electrons. The van der Waals surface area contributed by atoms with E-state index in [9.17, 15) is 0 Å². The number of hydrogen-bond donors (Lipinski definition) is 0. The minimum atomic E-state index is 0.790. The third kappa shape index (κ3) is 2.04. The summed E-state index contributed by atoms with van der Waals surface area (Å²) < 4.78 is 0. The van der Waals surface area contributed by atoms with Crippen molar-refractivity contribution in [1.29, 1.82) is 0 Å². The van der Waals surface area contributed by atoms with Gasteiger partial charge in [0.25, 0.3) is 0 Å². The number of fused-ring (bicyclic) bond motifs is 2. The van der Waals surface area contributed by atoms with E-state index < -0.39 is 0 Å². The summed E-state index contributed by atoms with van der Waals surface area (Å²) in [6.07, 6.45) is 8.42. The molecule has 0 aromatic heterocycles. The van der Waals surface area contributed by atoms with Crippen molar-refractivity contribution in [3.63, 3.8) is 0 Å². The molecule has 0 unspecified atom stereocenters. The molecule has 0 heterocycles. The Morgan fingerprint density at radius 3 is 2.58 bits per heavy atom. The molecule has 0 amide bonds. The predicted octanol–water partition coefficient (Wildman–Crippen LogP) is 5.33. The summed E-state index contributed by atoms with van der Waals surface area (Å²) in [7, 11) is 0. The normalized spacial score (nSPS) is 29.8. The van der Waals surface area contributed by atoms with Crippen molar-refractivity contribution in [3.05, 3.63) is 33.9 Å². The molecule has 1 saturated carbocycles. The number of hydrogen-bond acceptors (Lipinski definition) is 0. The molecule has 0 spiro atoms. The molecule has 0 heteroatoms. The van der Waals surface area contributed by atoms with Crippen molar-refractivity contribution in [3.8, 4) is 0 Å². The average Bonchev–Trinajstić information content (AvgIpc) is 2.42. The lowest BCUT2D eigenvalue weighted by atomic mass is 9.62. The van der Waals surface area contributed by atoms with Gasteiger partial charge in [-0.15, -0.1) is 0 Å². The zero-order valence-corrected chi connectivity index (χ0v) is 13.1. The molecular formula is C19H28. The number of aryl methyl sites for hydroxylation is 1. The van der Waals surface area contributed by atoms with Gasteiger partial charge in [0.15, 0.2) is 0 Å². The van der Waals surface area contributed by atoms with Crippen LogP contribution in [0.1, 0.15) is 73.3 Å². The van der Waals surface area contributed by atoms with Crippen molar-refractivity contribution < 1.29 is 0 Å². The predicted molar refractivity (Wildman–Crippen MR) is 82.9 cm³/mol. The Balaban J connectivity index is 2.09. The highest BCUT2D eigenvalue weighted by atomic mass is 14.4. The molecule has 0 N–H and O–H groups in total. The second kappa shape index (κ2) is 4.96. The Bertz CT molecular complexity index is 483. The first-order valence-corrected chi connectivity index (χ1v) is 8.25. The molecule has 0 aliphatic heterocycles. The van der Waals surface area contributed by atoms with E-state index in [-0.39, 0.29) is 0 Å². The smallest absolute Gasteiger partial charge is 0.0154 e. The third-order valence-electron chi connectivity index (χ3n) is 6.07. The van der Waals surface area contributed by atoms with E-state index in [0.717, 1.165) is 17.8 Å². The zero-order valence-electron chi connectivity index (χ0n) is 13.1. The zero-order chi connectivity index (χ0) is 13.6. The van der Waals surface area contributed by atoms with Crippen LogP contribution in [0, 0.1) is 25.7 Å². The highest BCUT2D eigenvalue weighted by molar-refractivity contribution is 5.48. The second-order valence-electron chi connectivity index (χ2n) is 6.91. The monoisotopic (exact) mass is 256 g/mol. The van der Waals surface area contributed by atoms with E-state index in [0.29, 0.717) is 0 Å². The van der Waals surface area contributed by atoms with Crippen LogP contribution in [0.15, 0.2) is 6.07 Å². The fourth-order valence-corrected chi connectivity index (χ4v) is 4.89. The molecule has 1 fully saturated rings. The Morgan fingerprint density at radius 1 is 1.11 bits per heavy atom. The molecule has 3 rings (SSSR count). The van der Waals surface area contributed by atoms with Crippen LogP contribution in [-0.2, 0) is 12.8 Å². The Morgan fingerprint density at radius 2 is 1.84 bits per heavy atom. The lowest BCUT2D eigenvalue weighted by Gasteiger charge is -2.42. The van der Waals surface area contributed by atoms with Crippen molar-refractivity contribution in [1.82, 2.24) is 0 Å². The first-order valence-electron chi connectivity index (χ1n) is 8.25. The minimum Gasteiger partial charge on any atom is -0.0613 e. The maximum absolute atomic E-state index is 2.54. The molecule has 0 saturated heterocycles. The van der Waals surface area contributed by atoms with Crippen LogP contribution in [0.25, 0.3) is 0 Å². The first-order chi connectivity index (χ1) is 9.13. The molecule has 3 atom stereocenters.